The number of ether oxygens (including phenoxy) is 1. The Balaban J connectivity index is 1.59. The minimum absolute atomic E-state index is 0.0487. The maximum absolute atomic E-state index is 5.99. The summed E-state index contributed by atoms with van der Waals surface area (Å²) in [4.78, 5) is 4.39. The van der Waals surface area contributed by atoms with Crippen LogP contribution in [0.25, 0.3) is 10.9 Å². The Bertz CT molecular complexity index is 690. The molecule has 0 saturated carbocycles. The van der Waals surface area contributed by atoms with Crippen molar-refractivity contribution >= 4 is 10.9 Å². The van der Waals surface area contributed by atoms with Crippen molar-refractivity contribution in [1.29, 1.82) is 0 Å². The van der Waals surface area contributed by atoms with Gasteiger partial charge in [-0.1, -0.05) is 18.2 Å². The highest BCUT2D eigenvalue weighted by molar-refractivity contribution is 5.84. The van der Waals surface area contributed by atoms with Crippen LogP contribution in [0.5, 0.6) is 5.75 Å². The monoisotopic (exact) mass is 282 g/mol. The second-order valence-corrected chi connectivity index (χ2v) is 4.97. The minimum atomic E-state index is 0.0487. The average Bonchev–Trinajstić information content (AvgIpc) is 3.01. The summed E-state index contributed by atoms with van der Waals surface area (Å²) in [5.41, 5.74) is 0.901. The van der Waals surface area contributed by atoms with E-state index in [9.17, 15) is 0 Å². The molecule has 0 aliphatic rings. The highest BCUT2D eigenvalue weighted by Gasteiger charge is 2.08. The number of para-hydroxylation sites is 1. The molecular formula is C17H18N2O2. The first-order valence-electron chi connectivity index (χ1n) is 7.06. The number of pyridine rings is 1. The molecule has 108 valence electrons. The summed E-state index contributed by atoms with van der Waals surface area (Å²) in [7, 11) is 0. The maximum Gasteiger partial charge on any atom is 0.145 e. The number of fused-ring (bicyclic) bond motifs is 1. The summed E-state index contributed by atoms with van der Waals surface area (Å²) in [6.07, 6.45) is 3.51. The zero-order chi connectivity index (χ0) is 14.5. The molecule has 1 aromatic carbocycles. The van der Waals surface area contributed by atoms with Crippen LogP contribution >= 0.6 is 0 Å². The van der Waals surface area contributed by atoms with Gasteiger partial charge in [-0.2, -0.15) is 0 Å². The third kappa shape index (κ3) is 3.41. The lowest BCUT2D eigenvalue weighted by Gasteiger charge is -2.16. The van der Waals surface area contributed by atoms with Crippen molar-refractivity contribution in [3.63, 3.8) is 0 Å². The molecule has 21 heavy (non-hydrogen) atoms. The Kier molecular flexibility index (Phi) is 4.17. The molecule has 1 atom stereocenters. The van der Waals surface area contributed by atoms with Gasteiger partial charge >= 0.3 is 0 Å². The normalized spacial score (nSPS) is 12.4. The lowest BCUT2D eigenvalue weighted by Crippen LogP contribution is -2.28. The van der Waals surface area contributed by atoms with E-state index < -0.39 is 0 Å². The Morgan fingerprint density at radius 3 is 2.95 bits per heavy atom. The van der Waals surface area contributed by atoms with Crippen molar-refractivity contribution < 1.29 is 9.15 Å². The van der Waals surface area contributed by atoms with Crippen molar-refractivity contribution in [3.05, 3.63) is 60.7 Å². The largest absolute Gasteiger partial charge is 0.487 e. The van der Waals surface area contributed by atoms with E-state index in [2.05, 4.69) is 10.3 Å². The van der Waals surface area contributed by atoms with Crippen LogP contribution in [-0.4, -0.2) is 17.6 Å². The van der Waals surface area contributed by atoms with Crippen LogP contribution in [0.3, 0.4) is 0 Å². The molecule has 4 heteroatoms. The Hall–Kier alpha value is -2.33. The maximum atomic E-state index is 5.99. The van der Waals surface area contributed by atoms with E-state index in [0.29, 0.717) is 6.54 Å². The van der Waals surface area contributed by atoms with E-state index in [1.807, 2.05) is 49.4 Å². The van der Waals surface area contributed by atoms with Gasteiger partial charge in [0.15, 0.2) is 0 Å². The smallest absolute Gasteiger partial charge is 0.145 e. The molecule has 0 saturated heterocycles. The summed E-state index contributed by atoms with van der Waals surface area (Å²) in [5, 5.41) is 4.41. The fourth-order valence-electron chi connectivity index (χ4n) is 2.24. The zero-order valence-electron chi connectivity index (χ0n) is 12.0. The molecule has 3 rings (SSSR count). The Morgan fingerprint density at radius 1 is 1.19 bits per heavy atom. The van der Waals surface area contributed by atoms with Crippen molar-refractivity contribution in [1.82, 2.24) is 10.3 Å². The number of furan rings is 1. The predicted molar refractivity (Wildman–Crippen MR) is 82.2 cm³/mol. The molecule has 0 aliphatic heterocycles. The van der Waals surface area contributed by atoms with Gasteiger partial charge < -0.3 is 14.5 Å². The molecular weight excluding hydrogens is 264 g/mol. The van der Waals surface area contributed by atoms with E-state index in [1.165, 1.54) is 0 Å². The van der Waals surface area contributed by atoms with Gasteiger partial charge in [0.25, 0.3) is 0 Å². The number of rotatable bonds is 6. The average molecular weight is 282 g/mol. The van der Waals surface area contributed by atoms with E-state index in [1.54, 1.807) is 12.5 Å². The quantitative estimate of drug-likeness (QED) is 0.753. The highest BCUT2D eigenvalue weighted by atomic mass is 16.5. The van der Waals surface area contributed by atoms with E-state index in [4.69, 9.17) is 9.15 Å². The number of benzene rings is 1. The molecule has 1 unspecified atom stereocenters. The van der Waals surface area contributed by atoms with Crippen molar-refractivity contribution in [2.75, 3.05) is 6.54 Å². The number of aromatic nitrogens is 1. The number of nitrogens with one attached hydrogen (secondary N) is 1. The lowest BCUT2D eigenvalue weighted by atomic mass is 10.2. The molecule has 0 spiro atoms. The van der Waals surface area contributed by atoms with Crippen LogP contribution in [0.4, 0.5) is 0 Å². The van der Waals surface area contributed by atoms with Gasteiger partial charge in [-0.25, -0.2) is 0 Å². The highest BCUT2D eigenvalue weighted by Crippen LogP contribution is 2.23. The van der Waals surface area contributed by atoms with Gasteiger partial charge in [0.2, 0.25) is 0 Å². The van der Waals surface area contributed by atoms with Gasteiger partial charge in [0.05, 0.1) is 12.8 Å². The third-order valence-electron chi connectivity index (χ3n) is 3.23. The van der Waals surface area contributed by atoms with Crippen LogP contribution in [0.15, 0.2) is 59.3 Å². The SMILES string of the molecule is CC(CNCc1ccco1)Oc1cccc2cccnc12. The molecule has 3 aromatic rings. The minimum Gasteiger partial charge on any atom is -0.487 e. The second kappa shape index (κ2) is 6.41. The zero-order valence-corrected chi connectivity index (χ0v) is 12.0. The van der Waals surface area contributed by atoms with E-state index in [0.717, 1.165) is 29.0 Å². The fraction of sp³-hybridized carbons (Fsp3) is 0.235. The summed E-state index contributed by atoms with van der Waals surface area (Å²) >= 11 is 0. The first-order chi connectivity index (χ1) is 10.3. The summed E-state index contributed by atoms with van der Waals surface area (Å²) < 4.78 is 11.3. The second-order valence-electron chi connectivity index (χ2n) is 4.97. The van der Waals surface area contributed by atoms with Crippen molar-refractivity contribution in [2.24, 2.45) is 0 Å². The standard InChI is InChI=1S/C17H18N2O2/c1-13(11-18-12-15-7-4-10-20-15)21-16-8-2-5-14-6-3-9-19-17(14)16/h2-10,13,18H,11-12H2,1H3. The topological polar surface area (TPSA) is 47.3 Å². The van der Waals surface area contributed by atoms with E-state index >= 15 is 0 Å². The Labute approximate surface area is 123 Å². The van der Waals surface area contributed by atoms with Crippen LogP contribution in [-0.2, 0) is 6.54 Å². The lowest BCUT2D eigenvalue weighted by molar-refractivity contribution is 0.218. The molecule has 0 radical (unpaired) electrons. The first kappa shape index (κ1) is 13.6. The summed E-state index contributed by atoms with van der Waals surface area (Å²) in [6.45, 7) is 3.48. The van der Waals surface area contributed by atoms with Crippen LogP contribution in [0.2, 0.25) is 0 Å². The van der Waals surface area contributed by atoms with Gasteiger partial charge in [-0.15, -0.1) is 0 Å². The van der Waals surface area contributed by atoms with Crippen molar-refractivity contribution in [2.45, 2.75) is 19.6 Å². The molecule has 0 fully saturated rings. The number of nitrogens with zero attached hydrogens (tertiary/aromatic N) is 1. The van der Waals surface area contributed by atoms with Crippen LogP contribution < -0.4 is 10.1 Å². The number of hydrogen-bond acceptors (Lipinski definition) is 4. The van der Waals surface area contributed by atoms with Crippen LogP contribution in [0, 0.1) is 0 Å². The predicted octanol–water partition coefficient (Wildman–Crippen LogP) is 3.38. The molecule has 0 aliphatic carbocycles. The van der Waals surface area contributed by atoms with Gasteiger partial charge in [0.1, 0.15) is 23.1 Å². The molecule has 0 bridgehead atoms. The number of hydrogen-bond donors (Lipinski definition) is 1. The van der Waals surface area contributed by atoms with E-state index in [-0.39, 0.29) is 6.10 Å². The van der Waals surface area contributed by atoms with Gasteiger partial charge in [0, 0.05) is 18.1 Å². The summed E-state index contributed by atoms with van der Waals surface area (Å²) in [5.74, 6) is 1.74. The fourth-order valence-corrected chi connectivity index (χ4v) is 2.24. The summed E-state index contributed by atoms with van der Waals surface area (Å²) in [6, 6.07) is 13.8. The molecule has 2 heterocycles. The third-order valence-corrected chi connectivity index (χ3v) is 3.23. The molecule has 1 N–H and O–H groups in total. The van der Waals surface area contributed by atoms with Crippen LogP contribution in [0.1, 0.15) is 12.7 Å². The Morgan fingerprint density at radius 2 is 2.10 bits per heavy atom. The molecule has 2 aromatic heterocycles. The van der Waals surface area contributed by atoms with Gasteiger partial charge in [-0.3, -0.25) is 4.98 Å². The molecule has 4 nitrogen and oxygen atoms in total. The molecule has 0 amide bonds. The first-order valence-corrected chi connectivity index (χ1v) is 7.06. The van der Waals surface area contributed by atoms with Gasteiger partial charge in [-0.05, 0) is 31.2 Å². The van der Waals surface area contributed by atoms with Crippen molar-refractivity contribution in [3.8, 4) is 5.75 Å².